The van der Waals surface area contributed by atoms with Crippen molar-refractivity contribution in [1.82, 2.24) is 0 Å². The van der Waals surface area contributed by atoms with Gasteiger partial charge in [-0.2, -0.15) is 13.2 Å². The Morgan fingerprint density at radius 3 is 2.32 bits per heavy atom. The molecule has 0 radical (unpaired) electrons. The van der Waals surface area contributed by atoms with Gasteiger partial charge in [0.1, 0.15) is 5.82 Å². The summed E-state index contributed by atoms with van der Waals surface area (Å²) in [6.45, 7) is 5.15. The van der Waals surface area contributed by atoms with Crippen molar-refractivity contribution in [1.29, 1.82) is 0 Å². The Morgan fingerprint density at radius 2 is 1.84 bits per heavy atom. The number of amides is 1. The summed E-state index contributed by atoms with van der Waals surface area (Å²) in [5.74, 6) is -1.77. The van der Waals surface area contributed by atoms with Crippen LogP contribution in [0.5, 0.6) is 0 Å². The van der Waals surface area contributed by atoms with Crippen LogP contribution >= 0.6 is 0 Å². The van der Waals surface area contributed by atoms with E-state index in [1.807, 2.05) is 0 Å². The molecule has 19 heavy (non-hydrogen) atoms. The highest BCUT2D eigenvalue weighted by molar-refractivity contribution is 5.94. The van der Waals surface area contributed by atoms with E-state index >= 15 is 0 Å². The van der Waals surface area contributed by atoms with Gasteiger partial charge in [-0.15, -0.1) is 0 Å². The van der Waals surface area contributed by atoms with E-state index in [1.165, 1.54) is 0 Å². The topological polar surface area (TPSA) is 29.1 Å². The Kier molecular flexibility index (Phi) is 4.22. The summed E-state index contributed by atoms with van der Waals surface area (Å²) in [7, 11) is 0. The first-order valence-electron chi connectivity index (χ1n) is 5.76. The number of anilines is 1. The first kappa shape index (κ1) is 15.5. The van der Waals surface area contributed by atoms with Gasteiger partial charge in [0.2, 0.25) is 5.91 Å². The fourth-order valence-electron chi connectivity index (χ4n) is 1.28. The number of hydrogen-bond acceptors (Lipinski definition) is 1. The zero-order valence-corrected chi connectivity index (χ0v) is 10.9. The number of carbonyl (C=O) groups is 1. The van der Waals surface area contributed by atoms with Gasteiger partial charge >= 0.3 is 6.18 Å². The molecule has 1 rings (SSSR count). The third-order valence-electron chi connectivity index (χ3n) is 3.03. The van der Waals surface area contributed by atoms with Crippen LogP contribution in [0.4, 0.5) is 23.2 Å². The molecule has 106 valence electrons. The Balaban J connectivity index is 3.02. The fourth-order valence-corrected chi connectivity index (χ4v) is 1.28. The fraction of sp³-hybridized carbons (Fsp3) is 0.462. The van der Waals surface area contributed by atoms with E-state index in [1.54, 1.807) is 20.8 Å². The van der Waals surface area contributed by atoms with Crippen LogP contribution in [0.3, 0.4) is 0 Å². The summed E-state index contributed by atoms with van der Waals surface area (Å²) in [4.78, 5) is 11.8. The molecule has 6 heteroatoms. The van der Waals surface area contributed by atoms with Gasteiger partial charge in [0.05, 0.1) is 5.56 Å². The lowest BCUT2D eigenvalue weighted by Crippen LogP contribution is -2.30. The molecular formula is C13H15F4NO. The summed E-state index contributed by atoms with van der Waals surface area (Å²) in [5, 5.41) is 2.37. The summed E-state index contributed by atoms with van der Waals surface area (Å²) < 4.78 is 50.6. The van der Waals surface area contributed by atoms with Gasteiger partial charge in [0.15, 0.2) is 0 Å². The van der Waals surface area contributed by atoms with Crippen LogP contribution in [0.15, 0.2) is 18.2 Å². The average Bonchev–Trinajstić information content (AvgIpc) is 2.30. The highest BCUT2D eigenvalue weighted by atomic mass is 19.4. The van der Waals surface area contributed by atoms with Gasteiger partial charge in [0, 0.05) is 11.1 Å². The van der Waals surface area contributed by atoms with E-state index in [0.717, 1.165) is 6.07 Å². The van der Waals surface area contributed by atoms with E-state index in [9.17, 15) is 22.4 Å². The summed E-state index contributed by atoms with van der Waals surface area (Å²) in [6, 6.07) is 2.39. The molecule has 0 aliphatic heterocycles. The third-order valence-corrected chi connectivity index (χ3v) is 3.03. The molecule has 2 nitrogen and oxygen atoms in total. The second-order valence-corrected chi connectivity index (χ2v) is 4.88. The van der Waals surface area contributed by atoms with Gasteiger partial charge < -0.3 is 5.32 Å². The molecule has 0 spiro atoms. The minimum atomic E-state index is -4.79. The van der Waals surface area contributed by atoms with Gasteiger partial charge in [-0.25, -0.2) is 4.39 Å². The molecule has 0 saturated carbocycles. The quantitative estimate of drug-likeness (QED) is 0.823. The van der Waals surface area contributed by atoms with E-state index in [4.69, 9.17) is 0 Å². The Bertz CT molecular complexity index is 480. The maximum atomic E-state index is 13.1. The van der Waals surface area contributed by atoms with Crippen molar-refractivity contribution in [3.63, 3.8) is 0 Å². The highest BCUT2D eigenvalue weighted by Gasteiger charge is 2.34. The minimum Gasteiger partial charge on any atom is -0.326 e. The molecule has 1 aromatic carbocycles. The molecular weight excluding hydrogens is 262 g/mol. The van der Waals surface area contributed by atoms with E-state index in [2.05, 4.69) is 5.32 Å². The van der Waals surface area contributed by atoms with Crippen LogP contribution in [0.25, 0.3) is 0 Å². The van der Waals surface area contributed by atoms with Crippen LogP contribution in [0.2, 0.25) is 0 Å². The molecule has 0 bridgehead atoms. The molecule has 0 heterocycles. The zero-order valence-electron chi connectivity index (χ0n) is 10.9. The van der Waals surface area contributed by atoms with Crippen LogP contribution in [0, 0.1) is 11.2 Å². The maximum absolute atomic E-state index is 13.1. The lowest BCUT2D eigenvalue weighted by molar-refractivity contribution is -0.140. The van der Waals surface area contributed by atoms with E-state index in [0.29, 0.717) is 18.6 Å². The molecule has 0 fully saturated rings. The molecule has 1 N–H and O–H groups in total. The highest BCUT2D eigenvalue weighted by Crippen LogP contribution is 2.33. The number of alkyl halides is 3. The first-order valence-corrected chi connectivity index (χ1v) is 5.76. The van der Waals surface area contributed by atoms with Crippen LogP contribution < -0.4 is 5.32 Å². The average molecular weight is 277 g/mol. The summed E-state index contributed by atoms with van der Waals surface area (Å²) in [5.41, 5.74) is -2.16. The molecule has 1 aromatic rings. The Morgan fingerprint density at radius 1 is 1.26 bits per heavy atom. The van der Waals surface area contributed by atoms with Crippen molar-refractivity contribution in [2.75, 3.05) is 5.32 Å². The van der Waals surface area contributed by atoms with E-state index in [-0.39, 0.29) is 5.69 Å². The number of halogens is 4. The van der Waals surface area contributed by atoms with E-state index < -0.39 is 28.9 Å². The second kappa shape index (κ2) is 5.19. The van der Waals surface area contributed by atoms with Crippen LogP contribution in [0.1, 0.15) is 32.8 Å². The maximum Gasteiger partial charge on any atom is 0.419 e. The number of hydrogen-bond donors (Lipinski definition) is 1. The second-order valence-electron chi connectivity index (χ2n) is 4.88. The van der Waals surface area contributed by atoms with Crippen molar-refractivity contribution >= 4 is 11.6 Å². The van der Waals surface area contributed by atoms with Crippen molar-refractivity contribution in [2.24, 2.45) is 5.41 Å². The van der Waals surface area contributed by atoms with Gasteiger partial charge in [-0.1, -0.05) is 20.8 Å². The van der Waals surface area contributed by atoms with Gasteiger partial charge in [0.25, 0.3) is 0 Å². The number of benzene rings is 1. The van der Waals surface area contributed by atoms with Crippen molar-refractivity contribution < 1.29 is 22.4 Å². The molecule has 0 aromatic heterocycles. The number of rotatable bonds is 3. The predicted octanol–water partition coefficient (Wildman–Crippen LogP) is 4.22. The molecule has 1 amide bonds. The molecule has 0 unspecified atom stereocenters. The van der Waals surface area contributed by atoms with Crippen molar-refractivity contribution in [2.45, 2.75) is 33.4 Å². The van der Waals surface area contributed by atoms with Gasteiger partial charge in [-0.3, -0.25) is 4.79 Å². The zero-order chi connectivity index (χ0) is 14.8. The third kappa shape index (κ3) is 3.68. The number of nitrogens with one attached hydrogen (secondary N) is 1. The predicted molar refractivity (Wildman–Crippen MR) is 64.1 cm³/mol. The Hall–Kier alpha value is -1.59. The van der Waals surface area contributed by atoms with Crippen molar-refractivity contribution in [3.05, 3.63) is 29.6 Å². The minimum absolute atomic E-state index is 0.0692. The standard InChI is InChI=1S/C13H15F4NO/c1-4-12(2,3)11(19)18-8-5-6-10(14)9(7-8)13(15,16)17/h5-7H,4H2,1-3H3,(H,18,19). The van der Waals surface area contributed by atoms with Gasteiger partial charge in [-0.05, 0) is 24.6 Å². The Labute approximate surface area is 108 Å². The largest absolute Gasteiger partial charge is 0.419 e. The van der Waals surface area contributed by atoms with Crippen LogP contribution in [-0.4, -0.2) is 5.91 Å². The first-order chi connectivity index (χ1) is 8.58. The van der Waals surface area contributed by atoms with Crippen LogP contribution in [-0.2, 0) is 11.0 Å². The monoisotopic (exact) mass is 277 g/mol. The molecule has 0 saturated heterocycles. The SMILES string of the molecule is CCC(C)(C)C(=O)Nc1ccc(F)c(C(F)(F)F)c1. The van der Waals surface area contributed by atoms with Crippen molar-refractivity contribution in [3.8, 4) is 0 Å². The smallest absolute Gasteiger partial charge is 0.326 e. The lowest BCUT2D eigenvalue weighted by Gasteiger charge is -2.21. The normalized spacial score (nSPS) is 12.4. The summed E-state index contributed by atoms with van der Waals surface area (Å²) in [6.07, 6.45) is -4.25. The number of carbonyl (C=O) groups excluding carboxylic acids is 1. The summed E-state index contributed by atoms with van der Waals surface area (Å²) >= 11 is 0. The molecule has 0 aliphatic rings. The molecule has 0 atom stereocenters. The molecule has 0 aliphatic carbocycles. The lowest BCUT2D eigenvalue weighted by atomic mass is 9.89.